The fraction of sp³-hybridized carbons (Fsp3) is 0.355. The lowest BCUT2D eigenvalue weighted by Crippen LogP contribution is -2.51. The zero-order valence-corrected chi connectivity index (χ0v) is 25.5. The molecule has 0 aliphatic heterocycles. The molecular weight excluding hydrogens is 558 g/mol. The lowest BCUT2D eigenvalue weighted by Gasteiger charge is -2.32. The van der Waals surface area contributed by atoms with Gasteiger partial charge in [0, 0.05) is 19.2 Å². The van der Waals surface area contributed by atoms with Crippen LogP contribution in [-0.2, 0) is 26.2 Å². The molecule has 0 radical (unpaired) electrons. The molecule has 0 spiro atoms. The largest absolute Gasteiger partial charge is 0.497 e. The van der Waals surface area contributed by atoms with E-state index in [2.05, 4.69) is 5.32 Å². The molecule has 11 heteroatoms. The van der Waals surface area contributed by atoms with Crippen LogP contribution in [0, 0.1) is 0 Å². The number of methoxy groups -OCH3 is 3. The molecule has 10 nitrogen and oxygen atoms in total. The standard InChI is InChI=1S/C31H39N3O7S/c1-6-7-18-32-31(36)23(2)33(21-24-12-11-13-26(19-24)39-3)30(35)22-34(42(37,38)27-14-9-8-10-15-27)25-16-17-28(40-4)29(20-25)41-5/h8-17,19-20,23H,6-7,18,21-22H2,1-5H3,(H,32,36). The van der Waals surface area contributed by atoms with Crippen LogP contribution in [-0.4, -0.2) is 65.6 Å². The van der Waals surface area contributed by atoms with E-state index in [-0.39, 0.29) is 23.0 Å². The Bertz CT molecular complexity index is 1450. The van der Waals surface area contributed by atoms with Crippen LogP contribution in [0.1, 0.15) is 32.3 Å². The highest BCUT2D eigenvalue weighted by Gasteiger charge is 2.33. The SMILES string of the molecule is CCCCNC(=O)C(C)N(Cc1cccc(OC)c1)C(=O)CN(c1ccc(OC)c(OC)c1)S(=O)(=O)c1ccccc1. The van der Waals surface area contributed by atoms with Gasteiger partial charge in [-0.3, -0.25) is 13.9 Å². The quantitative estimate of drug-likeness (QED) is 0.261. The third kappa shape index (κ3) is 7.94. The molecule has 42 heavy (non-hydrogen) atoms. The van der Waals surface area contributed by atoms with Gasteiger partial charge in [-0.05, 0) is 55.3 Å². The third-order valence-corrected chi connectivity index (χ3v) is 8.54. The minimum absolute atomic E-state index is 0.0114. The van der Waals surface area contributed by atoms with Gasteiger partial charge in [-0.2, -0.15) is 0 Å². The van der Waals surface area contributed by atoms with E-state index in [0.29, 0.717) is 23.8 Å². The number of nitrogens with one attached hydrogen (secondary N) is 1. The summed E-state index contributed by atoms with van der Waals surface area (Å²) < 4.78 is 45.0. The van der Waals surface area contributed by atoms with Crippen molar-refractivity contribution in [2.24, 2.45) is 0 Å². The first-order chi connectivity index (χ1) is 20.2. The van der Waals surface area contributed by atoms with E-state index in [1.54, 1.807) is 62.6 Å². The van der Waals surface area contributed by atoms with Gasteiger partial charge < -0.3 is 24.4 Å². The minimum atomic E-state index is -4.21. The maximum atomic E-state index is 14.1. The molecule has 1 unspecified atom stereocenters. The second-order valence-corrected chi connectivity index (χ2v) is 11.4. The van der Waals surface area contributed by atoms with Crippen molar-refractivity contribution in [1.29, 1.82) is 0 Å². The number of sulfonamides is 1. The molecule has 0 bridgehead atoms. The number of benzene rings is 3. The van der Waals surface area contributed by atoms with E-state index in [1.807, 2.05) is 13.0 Å². The predicted molar refractivity (Wildman–Crippen MR) is 161 cm³/mol. The Morgan fingerprint density at radius 1 is 0.881 bits per heavy atom. The smallest absolute Gasteiger partial charge is 0.264 e. The van der Waals surface area contributed by atoms with Gasteiger partial charge in [0.25, 0.3) is 10.0 Å². The van der Waals surface area contributed by atoms with Gasteiger partial charge in [-0.1, -0.05) is 43.7 Å². The van der Waals surface area contributed by atoms with Crippen molar-refractivity contribution in [2.75, 3.05) is 38.7 Å². The van der Waals surface area contributed by atoms with Crippen LogP contribution < -0.4 is 23.8 Å². The lowest BCUT2D eigenvalue weighted by molar-refractivity contribution is -0.139. The van der Waals surface area contributed by atoms with Gasteiger partial charge >= 0.3 is 0 Å². The summed E-state index contributed by atoms with van der Waals surface area (Å²) in [6, 6.07) is 18.8. The summed E-state index contributed by atoms with van der Waals surface area (Å²) in [5.74, 6) is 0.404. The van der Waals surface area contributed by atoms with Crippen LogP contribution in [0.2, 0.25) is 0 Å². The second-order valence-electron chi connectivity index (χ2n) is 9.56. The normalized spacial score (nSPS) is 11.7. The Morgan fingerprint density at radius 3 is 2.24 bits per heavy atom. The van der Waals surface area contributed by atoms with Gasteiger partial charge in [0.15, 0.2) is 11.5 Å². The zero-order chi connectivity index (χ0) is 30.7. The van der Waals surface area contributed by atoms with Gasteiger partial charge in [-0.15, -0.1) is 0 Å². The highest BCUT2D eigenvalue weighted by atomic mass is 32.2. The molecular formula is C31H39N3O7S. The Balaban J connectivity index is 2.05. The van der Waals surface area contributed by atoms with Crippen LogP contribution in [0.4, 0.5) is 5.69 Å². The van der Waals surface area contributed by atoms with Gasteiger partial charge in [0.2, 0.25) is 11.8 Å². The number of hydrogen-bond acceptors (Lipinski definition) is 7. The molecule has 0 fully saturated rings. The third-order valence-electron chi connectivity index (χ3n) is 6.75. The Morgan fingerprint density at radius 2 is 1.60 bits per heavy atom. The lowest BCUT2D eigenvalue weighted by atomic mass is 10.1. The van der Waals surface area contributed by atoms with E-state index >= 15 is 0 Å². The summed E-state index contributed by atoms with van der Waals surface area (Å²) in [5.41, 5.74) is 0.922. The fourth-order valence-electron chi connectivity index (χ4n) is 4.31. The average molecular weight is 598 g/mol. The highest BCUT2D eigenvalue weighted by molar-refractivity contribution is 7.92. The summed E-state index contributed by atoms with van der Waals surface area (Å²) >= 11 is 0. The van der Waals surface area contributed by atoms with E-state index in [4.69, 9.17) is 14.2 Å². The number of hydrogen-bond donors (Lipinski definition) is 1. The molecule has 3 aromatic carbocycles. The molecule has 0 aliphatic carbocycles. The van der Waals surface area contributed by atoms with Crippen LogP contribution in [0.25, 0.3) is 0 Å². The van der Waals surface area contributed by atoms with Crippen LogP contribution >= 0.6 is 0 Å². The average Bonchev–Trinajstić information content (AvgIpc) is 3.02. The van der Waals surface area contributed by atoms with Gasteiger partial charge in [0.05, 0.1) is 31.9 Å². The number of nitrogens with zero attached hydrogens (tertiary/aromatic N) is 2. The summed E-state index contributed by atoms with van der Waals surface area (Å²) in [6.07, 6.45) is 1.70. The molecule has 3 aromatic rings. The van der Waals surface area contributed by atoms with Crippen molar-refractivity contribution < 1.29 is 32.2 Å². The molecule has 1 N–H and O–H groups in total. The molecule has 0 heterocycles. The van der Waals surface area contributed by atoms with Crippen molar-refractivity contribution in [3.05, 3.63) is 78.4 Å². The number of carbonyl (C=O) groups is 2. The molecule has 226 valence electrons. The second kappa shape index (κ2) is 15.1. The first-order valence-corrected chi connectivity index (χ1v) is 15.1. The van der Waals surface area contributed by atoms with E-state index in [1.165, 1.54) is 37.3 Å². The summed E-state index contributed by atoms with van der Waals surface area (Å²) in [4.78, 5) is 28.6. The van der Waals surface area contributed by atoms with Crippen molar-refractivity contribution in [2.45, 2.75) is 44.2 Å². The number of anilines is 1. The van der Waals surface area contributed by atoms with Crippen LogP contribution in [0.15, 0.2) is 77.7 Å². The van der Waals surface area contributed by atoms with Crippen LogP contribution in [0.5, 0.6) is 17.2 Å². The van der Waals surface area contributed by atoms with Gasteiger partial charge in [-0.25, -0.2) is 8.42 Å². The summed E-state index contributed by atoms with van der Waals surface area (Å²) in [6.45, 7) is 3.61. The molecule has 2 amide bonds. The van der Waals surface area contributed by atoms with E-state index in [9.17, 15) is 18.0 Å². The number of amides is 2. The first kappa shape index (κ1) is 32.3. The topological polar surface area (TPSA) is 114 Å². The van der Waals surface area contributed by atoms with E-state index < -0.39 is 28.5 Å². The first-order valence-electron chi connectivity index (χ1n) is 13.7. The number of ether oxygens (including phenoxy) is 3. The molecule has 1 atom stereocenters. The monoisotopic (exact) mass is 597 g/mol. The predicted octanol–water partition coefficient (Wildman–Crippen LogP) is 4.24. The highest BCUT2D eigenvalue weighted by Crippen LogP contribution is 2.34. The summed E-state index contributed by atoms with van der Waals surface area (Å²) in [7, 11) is 0.255. The maximum Gasteiger partial charge on any atom is 0.264 e. The number of unbranched alkanes of at least 4 members (excludes halogenated alkanes) is 1. The van der Waals surface area contributed by atoms with Gasteiger partial charge in [0.1, 0.15) is 18.3 Å². The molecule has 3 rings (SSSR count). The zero-order valence-electron chi connectivity index (χ0n) is 24.7. The van der Waals surface area contributed by atoms with Crippen LogP contribution in [0.3, 0.4) is 0 Å². The van der Waals surface area contributed by atoms with Crippen molar-refractivity contribution in [3.8, 4) is 17.2 Å². The Labute approximate surface area is 248 Å². The maximum absolute atomic E-state index is 14.1. The van der Waals surface area contributed by atoms with E-state index in [0.717, 1.165) is 22.7 Å². The molecule has 0 saturated carbocycles. The molecule has 0 aliphatic rings. The van der Waals surface area contributed by atoms with Crippen molar-refractivity contribution >= 4 is 27.5 Å². The minimum Gasteiger partial charge on any atom is -0.497 e. The number of rotatable bonds is 15. The van der Waals surface area contributed by atoms with Crippen molar-refractivity contribution in [3.63, 3.8) is 0 Å². The Hall–Kier alpha value is -4.25. The molecule has 0 saturated heterocycles. The fourth-order valence-corrected chi connectivity index (χ4v) is 5.74. The number of carbonyl (C=O) groups excluding carboxylic acids is 2. The summed E-state index contributed by atoms with van der Waals surface area (Å²) in [5, 5.41) is 2.88. The van der Waals surface area contributed by atoms with Crippen molar-refractivity contribution in [1.82, 2.24) is 10.2 Å². The molecule has 0 aromatic heterocycles. The Kier molecular flexibility index (Phi) is 11.6.